The lowest BCUT2D eigenvalue weighted by atomic mass is 9.86. The summed E-state index contributed by atoms with van der Waals surface area (Å²) in [6, 6.07) is 8.10. The first-order valence-corrected chi connectivity index (χ1v) is 10.4. The lowest BCUT2D eigenvalue weighted by molar-refractivity contribution is -0.143. The maximum Gasteiger partial charge on any atom is 0.266 e. The van der Waals surface area contributed by atoms with Gasteiger partial charge in [0, 0.05) is 41.4 Å². The van der Waals surface area contributed by atoms with Crippen molar-refractivity contribution in [3.63, 3.8) is 0 Å². The molecule has 0 aliphatic carbocycles. The summed E-state index contributed by atoms with van der Waals surface area (Å²) in [4.78, 5) is 17.3. The fourth-order valence-corrected chi connectivity index (χ4v) is 4.15. The average Bonchev–Trinajstić information content (AvgIpc) is 2.75. The molecule has 1 aliphatic heterocycles. The van der Waals surface area contributed by atoms with Gasteiger partial charge in [0.1, 0.15) is 11.6 Å². The molecule has 2 heterocycles. The number of hydrogen-bond donors (Lipinski definition) is 1. The first kappa shape index (κ1) is 22.8. The Balaban J connectivity index is 1.72. The van der Waals surface area contributed by atoms with E-state index in [1.54, 1.807) is 25.1 Å². The Morgan fingerprint density at radius 1 is 1.21 bits per heavy atom. The van der Waals surface area contributed by atoms with Crippen molar-refractivity contribution in [2.75, 3.05) is 25.5 Å². The predicted octanol–water partition coefficient (Wildman–Crippen LogP) is 5.52. The molecule has 4 rings (SSSR count). The largest absolute Gasteiger partial charge is 0.496 e. The van der Waals surface area contributed by atoms with Gasteiger partial charge in [0.05, 0.1) is 37.3 Å². The van der Waals surface area contributed by atoms with Crippen molar-refractivity contribution in [1.82, 2.24) is 9.88 Å². The molecule has 174 valence electrons. The number of rotatable bonds is 6. The first-order valence-electron chi connectivity index (χ1n) is 10.4. The monoisotopic (exact) mass is 461 g/mol. The van der Waals surface area contributed by atoms with Crippen molar-refractivity contribution in [2.24, 2.45) is 0 Å². The van der Waals surface area contributed by atoms with Crippen LogP contribution in [0.15, 0.2) is 42.6 Å². The van der Waals surface area contributed by atoms with Crippen molar-refractivity contribution in [3.8, 4) is 5.75 Å². The van der Waals surface area contributed by atoms with Crippen LogP contribution in [0, 0.1) is 5.82 Å². The number of benzene rings is 2. The van der Waals surface area contributed by atoms with E-state index in [0.29, 0.717) is 22.3 Å². The Kier molecular flexibility index (Phi) is 5.90. The van der Waals surface area contributed by atoms with E-state index >= 15 is 4.39 Å². The smallest absolute Gasteiger partial charge is 0.266 e. The minimum atomic E-state index is -2.92. The molecule has 1 saturated heterocycles. The molecule has 0 bridgehead atoms. The molecule has 0 unspecified atom stereocenters. The molecular weight excluding hydrogens is 438 g/mol. The molecule has 1 N–H and O–H groups in total. The maximum atomic E-state index is 15.6. The number of halogens is 4. The summed E-state index contributed by atoms with van der Waals surface area (Å²) >= 11 is 0. The topological polar surface area (TPSA) is 54.5 Å². The standard InChI is InChI=1S/C24H23F4N3O2/c1-13(15-5-4-6-16(22(15)25)23(26)27)30-19-7-8-29-20-10-21(33-3)18(9-17(19)20)24(28)11-31(12-24)14(2)32/h4-10,13,23H,11-12H2,1-3H3,(H,29,30)/t13-/m1/s1. The number of fused-ring (bicyclic) bond motifs is 1. The highest BCUT2D eigenvalue weighted by atomic mass is 19.3. The molecule has 0 radical (unpaired) electrons. The quantitative estimate of drug-likeness (QED) is 0.491. The highest BCUT2D eigenvalue weighted by molar-refractivity contribution is 5.93. The number of anilines is 1. The SMILES string of the molecule is COc1cc2nccc(N[C@H](C)c3cccc(C(F)F)c3F)c2cc1C1(F)CN(C(C)=O)C1. The molecule has 1 fully saturated rings. The van der Waals surface area contributed by atoms with Gasteiger partial charge in [-0.3, -0.25) is 9.78 Å². The molecule has 1 aromatic heterocycles. The molecular formula is C24H23F4N3O2. The molecule has 9 heteroatoms. The van der Waals surface area contributed by atoms with E-state index in [0.717, 1.165) is 6.07 Å². The van der Waals surface area contributed by atoms with Crippen LogP contribution in [0.3, 0.4) is 0 Å². The summed E-state index contributed by atoms with van der Waals surface area (Å²) in [6.07, 6.45) is -1.39. The van der Waals surface area contributed by atoms with Crippen LogP contribution >= 0.6 is 0 Å². The van der Waals surface area contributed by atoms with Gasteiger partial charge in [-0.25, -0.2) is 17.6 Å². The molecule has 0 spiro atoms. The van der Waals surface area contributed by atoms with E-state index in [-0.39, 0.29) is 30.1 Å². The number of aromatic nitrogens is 1. The molecule has 1 atom stereocenters. The Labute approximate surface area is 188 Å². The van der Waals surface area contributed by atoms with E-state index < -0.39 is 29.5 Å². The van der Waals surface area contributed by atoms with Crippen molar-refractivity contribution >= 4 is 22.5 Å². The third-order valence-electron chi connectivity index (χ3n) is 6.01. The first-order chi connectivity index (χ1) is 15.6. The molecule has 1 amide bonds. The minimum absolute atomic E-state index is 0.0875. The van der Waals surface area contributed by atoms with Crippen LogP contribution in [0.4, 0.5) is 23.2 Å². The van der Waals surface area contributed by atoms with Gasteiger partial charge in [-0.15, -0.1) is 0 Å². The van der Waals surface area contributed by atoms with E-state index in [1.165, 1.54) is 37.3 Å². The molecule has 0 saturated carbocycles. The molecule has 5 nitrogen and oxygen atoms in total. The van der Waals surface area contributed by atoms with E-state index in [4.69, 9.17) is 4.74 Å². The van der Waals surface area contributed by atoms with Crippen molar-refractivity contribution in [2.45, 2.75) is 32.0 Å². The van der Waals surface area contributed by atoms with Gasteiger partial charge in [-0.05, 0) is 19.1 Å². The fraction of sp³-hybridized carbons (Fsp3) is 0.333. The number of likely N-dealkylation sites (tertiary alicyclic amines) is 1. The second-order valence-corrected chi connectivity index (χ2v) is 8.19. The summed E-state index contributed by atoms with van der Waals surface area (Å²) in [5, 5.41) is 3.69. The zero-order valence-electron chi connectivity index (χ0n) is 18.3. The molecule has 3 aromatic rings. The Morgan fingerprint density at radius 2 is 1.91 bits per heavy atom. The highest BCUT2D eigenvalue weighted by Crippen LogP contribution is 2.43. The van der Waals surface area contributed by atoms with Crippen LogP contribution in [0.25, 0.3) is 10.9 Å². The fourth-order valence-electron chi connectivity index (χ4n) is 4.15. The normalized spacial score (nSPS) is 15.9. The minimum Gasteiger partial charge on any atom is -0.496 e. The zero-order valence-corrected chi connectivity index (χ0v) is 18.3. The van der Waals surface area contributed by atoms with Gasteiger partial charge in [-0.2, -0.15) is 0 Å². The Morgan fingerprint density at radius 3 is 2.55 bits per heavy atom. The number of ether oxygens (including phenoxy) is 1. The summed E-state index contributed by atoms with van der Waals surface area (Å²) in [7, 11) is 1.43. The van der Waals surface area contributed by atoms with Gasteiger partial charge in [0.15, 0.2) is 5.67 Å². The van der Waals surface area contributed by atoms with Crippen molar-refractivity contribution < 1.29 is 27.1 Å². The highest BCUT2D eigenvalue weighted by Gasteiger charge is 2.48. The van der Waals surface area contributed by atoms with Crippen LogP contribution in [0.1, 0.15) is 43.0 Å². The number of nitrogens with zero attached hydrogens (tertiary/aromatic N) is 2. The van der Waals surface area contributed by atoms with Crippen LogP contribution < -0.4 is 10.1 Å². The zero-order chi connectivity index (χ0) is 23.9. The number of nitrogens with one attached hydrogen (secondary N) is 1. The maximum absolute atomic E-state index is 15.6. The summed E-state index contributed by atoms with van der Waals surface area (Å²) in [6.45, 7) is 2.86. The number of carbonyl (C=O) groups excluding carboxylic acids is 1. The van der Waals surface area contributed by atoms with Gasteiger partial charge in [-0.1, -0.05) is 18.2 Å². The van der Waals surface area contributed by atoms with E-state index in [2.05, 4.69) is 10.3 Å². The number of hydrogen-bond acceptors (Lipinski definition) is 4. The van der Waals surface area contributed by atoms with Crippen LogP contribution in [0.2, 0.25) is 0 Å². The number of alkyl halides is 3. The van der Waals surface area contributed by atoms with Gasteiger partial charge in [0.2, 0.25) is 5.91 Å². The Bertz CT molecular complexity index is 1210. The van der Waals surface area contributed by atoms with Gasteiger partial charge in [0.25, 0.3) is 6.43 Å². The number of pyridine rings is 1. The lowest BCUT2D eigenvalue weighted by Gasteiger charge is -2.44. The average molecular weight is 461 g/mol. The van der Waals surface area contributed by atoms with Gasteiger partial charge >= 0.3 is 0 Å². The second kappa shape index (κ2) is 8.53. The van der Waals surface area contributed by atoms with E-state index in [9.17, 15) is 18.0 Å². The van der Waals surface area contributed by atoms with Crippen LogP contribution in [-0.4, -0.2) is 36.0 Å². The Hall–Kier alpha value is -3.36. The van der Waals surface area contributed by atoms with E-state index in [1.807, 2.05) is 0 Å². The number of carbonyl (C=O) groups is 1. The molecule has 33 heavy (non-hydrogen) atoms. The predicted molar refractivity (Wildman–Crippen MR) is 117 cm³/mol. The molecule has 2 aromatic carbocycles. The third kappa shape index (κ3) is 4.07. The summed E-state index contributed by atoms with van der Waals surface area (Å²) < 4.78 is 61.9. The van der Waals surface area contributed by atoms with Crippen molar-refractivity contribution in [3.05, 3.63) is 65.1 Å². The van der Waals surface area contributed by atoms with Gasteiger partial charge < -0.3 is 15.0 Å². The third-order valence-corrected chi connectivity index (χ3v) is 6.01. The van der Waals surface area contributed by atoms with Crippen LogP contribution in [-0.2, 0) is 10.5 Å². The van der Waals surface area contributed by atoms with Crippen molar-refractivity contribution in [1.29, 1.82) is 0 Å². The summed E-state index contributed by atoms with van der Waals surface area (Å²) in [5.74, 6) is -0.870. The lowest BCUT2D eigenvalue weighted by Crippen LogP contribution is -2.58. The molecule has 1 aliphatic rings. The summed E-state index contributed by atoms with van der Waals surface area (Å²) in [5.41, 5.74) is -1.02. The van der Waals surface area contributed by atoms with Crippen LogP contribution in [0.5, 0.6) is 5.75 Å². The number of methoxy groups -OCH3 is 1. The second-order valence-electron chi connectivity index (χ2n) is 8.19. The number of amides is 1.